The Morgan fingerprint density at radius 3 is 2.44 bits per heavy atom. The second-order valence-electron chi connectivity index (χ2n) is 8.75. The molecule has 2 N–H and O–H groups in total. The third kappa shape index (κ3) is 6.22. The number of carbonyl (C=O) groups excluding carboxylic acids is 2. The van der Waals surface area contributed by atoms with Crippen LogP contribution in [0.25, 0.3) is 0 Å². The van der Waals surface area contributed by atoms with Crippen LogP contribution in [-0.2, 0) is 21.3 Å². The van der Waals surface area contributed by atoms with Crippen LogP contribution in [0.3, 0.4) is 0 Å². The third-order valence-corrected chi connectivity index (χ3v) is 7.65. The first-order valence-electron chi connectivity index (χ1n) is 11.8. The minimum Gasteiger partial charge on any atom is -0.377 e. The van der Waals surface area contributed by atoms with Gasteiger partial charge in [-0.3, -0.25) is 9.59 Å². The molecule has 1 unspecified atom stereocenters. The van der Waals surface area contributed by atoms with Gasteiger partial charge in [-0.05, 0) is 68.0 Å². The van der Waals surface area contributed by atoms with E-state index in [1.807, 2.05) is 17.0 Å². The second kappa shape index (κ2) is 11.1. The van der Waals surface area contributed by atoms with Crippen molar-refractivity contribution in [2.24, 2.45) is 0 Å². The van der Waals surface area contributed by atoms with E-state index >= 15 is 0 Å². The number of nitrogens with zero attached hydrogens (tertiary/aromatic N) is 1. The van der Waals surface area contributed by atoms with Crippen LogP contribution >= 0.6 is 0 Å². The maximum Gasteiger partial charge on any atom is 0.253 e. The summed E-state index contributed by atoms with van der Waals surface area (Å²) < 4.78 is 33.3. The van der Waals surface area contributed by atoms with Gasteiger partial charge in [-0.1, -0.05) is 18.2 Å². The minimum absolute atomic E-state index is 0.0405. The number of ether oxygens (including phenoxy) is 1. The molecule has 2 aliphatic heterocycles. The van der Waals surface area contributed by atoms with Crippen molar-refractivity contribution in [1.82, 2.24) is 14.9 Å². The zero-order valence-corrected chi connectivity index (χ0v) is 20.0. The normalized spacial score (nSPS) is 18.6. The number of piperidine rings is 1. The highest BCUT2D eigenvalue weighted by Crippen LogP contribution is 2.16. The first kappa shape index (κ1) is 24.4. The predicted molar refractivity (Wildman–Crippen MR) is 128 cm³/mol. The molecule has 2 heterocycles. The van der Waals surface area contributed by atoms with Crippen molar-refractivity contribution in [2.75, 3.05) is 26.2 Å². The van der Waals surface area contributed by atoms with E-state index in [1.54, 1.807) is 24.3 Å². The lowest BCUT2D eigenvalue weighted by molar-refractivity contribution is 0.0724. The highest BCUT2D eigenvalue weighted by atomic mass is 32.2. The van der Waals surface area contributed by atoms with E-state index in [0.717, 1.165) is 44.3 Å². The van der Waals surface area contributed by atoms with Gasteiger partial charge < -0.3 is 15.0 Å². The Morgan fingerprint density at radius 1 is 0.971 bits per heavy atom. The fraction of sp³-hybridized carbons (Fsp3) is 0.440. The van der Waals surface area contributed by atoms with E-state index in [0.29, 0.717) is 12.2 Å². The zero-order chi connectivity index (χ0) is 24.0. The number of hydrogen-bond donors (Lipinski definition) is 2. The van der Waals surface area contributed by atoms with Gasteiger partial charge in [0.15, 0.2) is 0 Å². The van der Waals surface area contributed by atoms with E-state index in [1.165, 1.54) is 18.6 Å². The standard InChI is InChI=1S/C25H31N3O5S/c29-24(21-6-4-8-23(16-21)34(31,32)27-18-22-7-5-15-33-22)26-17-19-9-11-20(12-10-19)25(30)28-13-2-1-3-14-28/h4,6,8-12,16,22,27H,1-3,5,7,13-15,17-18H2,(H,26,29). The van der Waals surface area contributed by atoms with E-state index in [-0.39, 0.29) is 41.5 Å². The summed E-state index contributed by atoms with van der Waals surface area (Å²) in [6, 6.07) is 13.2. The molecular weight excluding hydrogens is 454 g/mol. The average molecular weight is 486 g/mol. The Balaban J connectivity index is 1.32. The van der Waals surface area contributed by atoms with Crippen LogP contribution in [-0.4, -0.2) is 57.5 Å². The molecule has 0 bridgehead atoms. The Labute approximate surface area is 200 Å². The van der Waals surface area contributed by atoms with Crippen LogP contribution in [0.4, 0.5) is 0 Å². The molecule has 9 heteroatoms. The van der Waals surface area contributed by atoms with Gasteiger partial charge in [0.05, 0.1) is 11.0 Å². The number of carbonyl (C=O) groups is 2. The van der Waals surface area contributed by atoms with Gasteiger partial charge in [-0.25, -0.2) is 13.1 Å². The molecule has 2 aromatic rings. The van der Waals surface area contributed by atoms with Gasteiger partial charge in [0.25, 0.3) is 11.8 Å². The van der Waals surface area contributed by atoms with Gasteiger partial charge >= 0.3 is 0 Å². The molecule has 1 atom stereocenters. The summed E-state index contributed by atoms with van der Waals surface area (Å²) in [5, 5.41) is 2.81. The lowest BCUT2D eigenvalue weighted by Crippen LogP contribution is -2.35. The molecule has 0 spiro atoms. The van der Waals surface area contributed by atoms with Gasteiger partial charge in [-0.2, -0.15) is 0 Å². The van der Waals surface area contributed by atoms with Gasteiger partial charge in [0, 0.05) is 43.9 Å². The first-order valence-corrected chi connectivity index (χ1v) is 13.3. The molecule has 0 aromatic heterocycles. The molecule has 0 aliphatic carbocycles. The van der Waals surface area contributed by atoms with Crippen molar-refractivity contribution < 1.29 is 22.7 Å². The summed E-state index contributed by atoms with van der Waals surface area (Å²) in [5.74, 6) is -0.328. The van der Waals surface area contributed by atoms with Crippen LogP contribution in [0.15, 0.2) is 53.4 Å². The van der Waals surface area contributed by atoms with E-state index in [9.17, 15) is 18.0 Å². The highest BCUT2D eigenvalue weighted by Gasteiger charge is 2.21. The van der Waals surface area contributed by atoms with Gasteiger partial charge in [0.2, 0.25) is 10.0 Å². The van der Waals surface area contributed by atoms with Crippen LogP contribution in [0, 0.1) is 0 Å². The second-order valence-corrected chi connectivity index (χ2v) is 10.5. The third-order valence-electron chi connectivity index (χ3n) is 6.23. The van der Waals surface area contributed by atoms with Crippen molar-refractivity contribution in [1.29, 1.82) is 0 Å². The van der Waals surface area contributed by atoms with Crippen LogP contribution < -0.4 is 10.0 Å². The highest BCUT2D eigenvalue weighted by molar-refractivity contribution is 7.89. The Hall–Kier alpha value is -2.75. The van der Waals surface area contributed by atoms with Crippen LogP contribution in [0.1, 0.15) is 58.4 Å². The molecule has 2 fully saturated rings. The summed E-state index contributed by atoms with van der Waals surface area (Å²) >= 11 is 0. The number of amides is 2. The topological polar surface area (TPSA) is 105 Å². The lowest BCUT2D eigenvalue weighted by Gasteiger charge is -2.26. The van der Waals surface area contributed by atoms with E-state index < -0.39 is 10.0 Å². The first-order chi connectivity index (χ1) is 16.4. The summed E-state index contributed by atoms with van der Waals surface area (Å²) in [6.45, 7) is 2.74. The average Bonchev–Trinajstić information content (AvgIpc) is 3.40. The molecule has 2 aromatic carbocycles. The number of nitrogens with one attached hydrogen (secondary N) is 2. The van der Waals surface area contributed by atoms with Crippen molar-refractivity contribution in [3.05, 3.63) is 65.2 Å². The summed E-state index contributed by atoms with van der Waals surface area (Å²) in [5.41, 5.74) is 1.76. The fourth-order valence-electron chi connectivity index (χ4n) is 4.22. The van der Waals surface area contributed by atoms with Gasteiger partial charge in [-0.15, -0.1) is 0 Å². The SMILES string of the molecule is O=C(NCc1ccc(C(=O)N2CCCCC2)cc1)c1cccc(S(=O)(=O)NCC2CCCO2)c1. The van der Waals surface area contributed by atoms with Crippen LogP contribution in [0.2, 0.25) is 0 Å². The molecule has 8 nitrogen and oxygen atoms in total. The number of sulfonamides is 1. The molecule has 182 valence electrons. The zero-order valence-electron chi connectivity index (χ0n) is 19.2. The Morgan fingerprint density at radius 2 is 1.74 bits per heavy atom. The minimum atomic E-state index is -3.74. The van der Waals surface area contributed by atoms with Crippen molar-refractivity contribution in [3.8, 4) is 0 Å². The monoisotopic (exact) mass is 485 g/mol. The molecule has 4 rings (SSSR count). The predicted octanol–water partition coefficient (Wildman–Crippen LogP) is 2.70. The molecule has 2 aliphatic rings. The Kier molecular flexibility index (Phi) is 7.97. The summed E-state index contributed by atoms with van der Waals surface area (Å²) in [4.78, 5) is 27.2. The summed E-state index contributed by atoms with van der Waals surface area (Å²) in [7, 11) is -3.74. The maximum absolute atomic E-state index is 12.6. The molecule has 2 amide bonds. The largest absolute Gasteiger partial charge is 0.377 e. The molecule has 0 saturated carbocycles. The van der Waals surface area contributed by atoms with E-state index in [2.05, 4.69) is 10.0 Å². The number of hydrogen-bond acceptors (Lipinski definition) is 5. The number of likely N-dealkylation sites (tertiary alicyclic amines) is 1. The number of rotatable bonds is 8. The van der Waals surface area contributed by atoms with Crippen molar-refractivity contribution in [2.45, 2.75) is 49.6 Å². The molecule has 2 saturated heterocycles. The Bertz CT molecular complexity index is 1110. The fourth-order valence-corrected chi connectivity index (χ4v) is 5.34. The van der Waals surface area contributed by atoms with Gasteiger partial charge in [0.1, 0.15) is 0 Å². The summed E-state index contributed by atoms with van der Waals surface area (Å²) in [6.07, 6.45) is 4.91. The van der Waals surface area contributed by atoms with E-state index in [4.69, 9.17) is 4.74 Å². The molecule has 0 radical (unpaired) electrons. The maximum atomic E-state index is 12.6. The van der Waals surface area contributed by atoms with Crippen LogP contribution in [0.5, 0.6) is 0 Å². The lowest BCUT2D eigenvalue weighted by atomic mass is 10.1. The van der Waals surface area contributed by atoms with Crippen molar-refractivity contribution in [3.63, 3.8) is 0 Å². The van der Waals surface area contributed by atoms with Crippen molar-refractivity contribution >= 4 is 21.8 Å². The smallest absolute Gasteiger partial charge is 0.253 e. The number of benzene rings is 2. The molecular formula is C25H31N3O5S. The quantitative estimate of drug-likeness (QED) is 0.598. The molecule has 34 heavy (non-hydrogen) atoms.